The van der Waals surface area contributed by atoms with E-state index < -0.39 is 10.0 Å². The molecule has 0 fully saturated rings. The molecule has 0 saturated heterocycles. The van der Waals surface area contributed by atoms with Crippen molar-refractivity contribution in [1.29, 1.82) is 0 Å². The van der Waals surface area contributed by atoms with Gasteiger partial charge in [0.1, 0.15) is 10.6 Å². The van der Waals surface area contributed by atoms with E-state index in [4.69, 9.17) is 19.3 Å². The number of sulfonamides is 1. The second kappa shape index (κ2) is 8.33. The highest BCUT2D eigenvalue weighted by atomic mass is 32.2. The second-order valence-corrected chi connectivity index (χ2v) is 6.29. The molecule has 0 aliphatic heterocycles. The molecule has 0 aliphatic rings. The first-order valence-electron chi connectivity index (χ1n) is 6.69. The third-order valence-corrected chi connectivity index (χ3v) is 3.72. The van der Waals surface area contributed by atoms with E-state index in [1.165, 1.54) is 6.07 Å². The zero-order valence-corrected chi connectivity index (χ0v) is 13.5. The van der Waals surface area contributed by atoms with E-state index in [0.29, 0.717) is 38.6 Å². The van der Waals surface area contributed by atoms with Crippen molar-refractivity contribution in [3.63, 3.8) is 0 Å². The number of hydrogen-bond donors (Lipinski definition) is 1. The van der Waals surface area contributed by atoms with Gasteiger partial charge in [-0.3, -0.25) is 0 Å². The molecule has 0 bridgehead atoms. The molecular formula is C14H23NO5S. The minimum atomic E-state index is -3.81. The van der Waals surface area contributed by atoms with Gasteiger partial charge in [0.25, 0.3) is 0 Å². The fraction of sp³-hybridized carbons (Fsp3) is 0.571. The van der Waals surface area contributed by atoms with Crippen LogP contribution in [0, 0.1) is 13.8 Å². The molecule has 2 N–H and O–H groups in total. The number of nitrogens with two attached hydrogens (primary N) is 1. The van der Waals surface area contributed by atoms with E-state index in [2.05, 4.69) is 0 Å². The van der Waals surface area contributed by atoms with Gasteiger partial charge in [-0.15, -0.1) is 0 Å². The number of aryl methyl sites for hydroxylation is 2. The Morgan fingerprint density at radius 1 is 1.10 bits per heavy atom. The van der Waals surface area contributed by atoms with E-state index in [9.17, 15) is 8.42 Å². The number of primary sulfonamides is 1. The van der Waals surface area contributed by atoms with Crippen molar-refractivity contribution in [3.8, 4) is 5.75 Å². The summed E-state index contributed by atoms with van der Waals surface area (Å²) in [5, 5.41) is 5.23. The summed E-state index contributed by atoms with van der Waals surface area (Å²) in [5.41, 5.74) is 1.58. The van der Waals surface area contributed by atoms with Crippen LogP contribution in [0.1, 0.15) is 17.5 Å². The molecule has 0 radical (unpaired) electrons. The van der Waals surface area contributed by atoms with Crippen molar-refractivity contribution in [2.45, 2.75) is 25.2 Å². The summed E-state index contributed by atoms with van der Waals surface area (Å²) in [6.45, 7) is 5.58. The predicted molar refractivity (Wildman–Crippen MR) is 80.1 cm³/mol. The minimum absolute atomic E-state index is 0.0281. The molecule has 1 rings (SSSR count). The van der Waals surface area contributed by atoms with Crippen LogP contribution in [0.5, 0.6) is 5.75 Å². The van der Waals surface area contributed by atoms with Gasteiger partial charge in [-0.25, -0.2) is 13.6 Å². The minimum Gasteiger partial charge on any atom is -0.492 e. The maximum Gasteiger partial charge on any atom is 0.241 e. The van der Waals surface area contributed by atoms with E-state index >= 15 is 0 Å². The first-order valence-corrected chi connectivity index (χ1v) is 8.24. The van der Waals surface area contributed by atoms with Crippen molar-refractivity contribution in [2.24, 2.45) is 5.14 Å². The zero-order chi connectivity index (χ0) is 15.9. The van der Waals surface area contributed by atoms with Crippen LogP contribution in [-0.2, 0) is 19.5 Å². The van der Waals surface area contributed by atoms with Crippen LogP contribution in [0.15, 0.2) is 17.0 Å². The average Bonchev–Trinajstić information content (AvgIpc) is 2.38. The molecule has 0 heterocycles. The molecule has 0 spiro atoms. The Morgan fingerprint density at radius 2 is 1.81 bits per heavy atom. The Morgan fingerprint density at radius 3 is 2.43 bits per heavy atom. The van der Waals surface area contributed by atoms with Crippen molar-refractivity contribution < 1.29 is 22.6 Å². The lowest BCUT2D eigenvalue weighted by molar-refractivity contribution is 0.0642. The van der Waals surface area contributed by atoms with Gasteiger partial charge in [-0.1, -0.05) is 6.07 Å². The smallest absolute Gasteiger partial charge is 0.241 e. The summed E-state index contributed by atoms with van der Waals surface area (Å²) in [4.78, 5) is 0.0281. The van der Waals surface area contributed by atoms with E-state index in [0.717, 1.165) is 11.1 Å². The molecule has 0 unspecified atom stereocenters. The van der Waals surface area contributed by atoms with Gasteiger partial charge >= 0.3 is 0 Å². The summed E-state index contributed by atoms with van der Waals surface area (Å²) >= 11 is 0. The Hall–Kier alpha value is -1.15. The molecule has 1 aromatic carbocycles. The van der Waals surface area contributed by atoms with E-state index in [1.54, 1.807) is 14.0 Å². The number of rotatable bonds is 9. The molecule has 21 heavy (non-hydrogen) atoms. The summed E-state index contributed by atoms with van der Waals surface area (Å²) < 4.78 is 39.0. The maximum absolute atomic E-state index is 11.6. The third kappa shape index (κ3) is 6.01. The summed E-state index contributed by atoms with van der Waals surface area (Å²) in [7, 11) is -2.19. The van der Waals surface area contributed by atoms with Crippen LogP contribution in [0.2, 0.25) is 0 Å². The van der Waals surface area contributed by atoms with Crippen LogP contribution in [0.25, 0.3) is 0 Å². The average molecular weight is 317 g/mol. The van der Waals surface area contributed by atoms with E-state index in [1.807, 2.05) is 13.0 Å². The molecule has 120 valence electrons. The molecule has 6 nitrogen and oxygen atoms in total. The lowest BCUT2D eigenvalue weighted by atomic mass is 10.1. The Balaban J connectivity index is 2.63. The van der Waals surface area contributed by atoms with Gasteiger partial charge in [0.2, 0.25) is 10.0 Å². The maximum atomic E-state index is 11.6. The van der Waals surface area contributed by atoms with Gasteiger partial charge in [0.15, 0.2) is 0 Å². The highest BCUT2D eigenvalue weighted by molar-refractivity contribution is 7.89. The zero-order valence-electron chi connectivity index (χ0n) is 12.7. The quantitative estimate of drug-likeness (QED) is 0.695. The molecule has 0 atom stereocenters. The van der Waals surface area contributed by atoms with Gasteiger partial charge in [-0.2, -0.15) is 0 Å². The topological polar surface area (TPSA) is 87.8 Å². The number of hydrogen-bond acceptors (Lipinski definition) is 5. The number of benzene rings is 1. The first kappa shape index (κ1) is 17.9. The van der Waals surface area contributed by atoms with E-state index in [-0.39, 0.29) is 4.90 Å². The van der Waals surface area contributed by atoms with Crippen LogP contribution in [0.4, 0.5) is 0 Å². The van der Waals surface area contributed by atoms with Gasteiger partial charge in [0.05, 0.1) is 19.8 Å². The highest BCUT2D eigenvalue weighted by Crippen LogP contribution is 2.28. The summed E-state index contributed by atoms with van der Waals surface area (Å²) in [6, 6.07) is 3.38. The molecule has 7 heteroatoms. The molecule has 0 saturated carbocycles. The van der Waals surface area contributed by atoms with Crippen LogP contribution >= 0.6 is 0 Å². The Bertz CT molecular complexity index is 557. The van der Waals surface area contributed by atoms with Crippen LogP contribution in [0.3, 0.4) is 0 Å². The predicted octanol–water partition coefficient (Wildman–Crippen LogP) is 1.38. The fourth-order valence-electron chi connectivity index (χ4n) is 1.89. The lowest BCUT2D eigenvalue weighted by Gasteiger charge is -2.14. The molecule has 1 aromatic rings. The highest BCUT2D eigenvalue weighted by Gasteiger charge is 2.18. The van der Waals surface area contributed by atoms with Gasteiger partial charge < -0.3 is 14.2 Å². The van der Waals surface area contributed by atoms with Crippen LogP contribution < -0.4 is 9.88 Å². The molecule has 0 aromatic heterocycles. The lowest BCUT2D eigenvalue weighted by Crippen LogP contribution is -2.15. The summed E-state index contributed by atoms with van der Waals surface area (Å²) in [5.74, 6) is 0.319. The second-order valence-electron chi connectivity index (χ2n) is 4.76. The monoisotopic (exact) mass is 317 g/mol. The van der Waals surface area contributed by atoms with Crippen LogP contribution in [-0.4, -0.2) is 42.0 Å². The normalized spacial score (nSPS) is 11.6. The van der Waals surface area contributed by atoms with Gasteiger partial charge in [-0.05, 0) is 31.0 Å². The SMILES string of the molecule is COCCOCCCOc1c(C)cc(C)cc1S(N)(=O)=O. The molecular weight excluding hydrogens is 294 g/mol. The first-order chi connectivity index (χ1) is 9.86. The standard InChI is InChI=1S/C14H23NO5S/c1-11-9-12(2)14(13(10-11)21(15,16)17)20-6-4-5-19-8-7-18-3/h9-10H,4-8H2,1-3H3,(H2,15,16,17). The largest absolute Gasteiger partial charge is 0.492 e. The molecule has 0 aliphatic carbocycles. The number of ether oxygens (including phenoxy) is 3. The van der Waals surface area contributed by atoms with Crippen molar-refractivity contribution >= 4 is 10.0 Å². The molecule has 0 amide bonds. The van der Waals surface area contributed by atoms with Crippen molar-refractivity contribution in [2.75, 3.05) is 33.5 Å². The van der Waals surface area contributed by atoms with Crippen molar-refractivity contribution in [1.82, 2.24) is 0 Å². The third-order valence-electron chi connectivity index (χ3n) is 2.80. The summed E-state index contributed by atoms with van der Waals surface area (Å²) in [6.07, 6.45) is 0.654. The fourth-order valence-corrected chi connectivity index (χ4v) is 2.72. The van der Waals surface area contributed by atoms with Gasteiger partial charge in [0, 0.05) is 20.1 Å². The Kier molecular flexibility index (Phi) is 7.10. The van der Waals surface area contributed by atoms with Crippen molar-refractivity contribution in [3.05, 3.63) is 23.3 Å². The Labute approximate surface area is 126 Å². The number of methoxy groups -OCH3 is 1.